The van der Waals surface area contributed by atoms with Crippen LogP contribution in [0.15, 0.2) is 0 Å². The average molecular weight is 215 g/mol. The van der Waals surface area contributed by atoms with Crippen molar-refractivity contribution in [1.82, 2.24) is 0 Å². The summed E-state index contributed by atoms with van der Waals surface area (Å²) in [6.45, 7) is 5.46. The van der Waals surface area contributed by atoms with Gasteiger partial charge in [0, 0.05) is 4.92 Å². The van der Waals surface area contributed by atoms with Crippen molar-refractivity contribution in [2.75, 3.05) is 0 Å². The Labute approximate surface area is 83.7 Å². The first kappa shape index (κ1) is 12.6. The number of hydrogen-bond acceptors (Lipinski definition) is 4. The van der Waals surface area contributed by atoms with Crippen LogP contribution in [-0.2, 0) is 9.22 Å². The van der Waals surface area contributed by atoms with Gasteiger partial charge in [0.1, 0.15) is 6.42 Å². The zero-order valence-corrected chi connectivity index (χ0v) is 9.44. The highest BCUT2D eigenvalue weighted by atomic mass is 28.4. The number of rotatable bonds is 4. The minimum Gasteiger partial charge on any atom is -0.520 e. The lowest BCUT2D eigenvalue weighted by Gasteiger charge is -2.17. The molecule has 0 spiro atoms. The van der Waals surface area contributed by atoms with E-state index in [1.807, 2.05) is 25.6 Å². The molecule has 0 saturated carbocycles. The second kappa shape index (κ2) is 4.76. The van der Waals surface area contributed by atoms with E-state index in [1.54, 1.807) is 0 Å². The molecule has 78 valence electrons. The van der Waals surface area contributed by atoms with Gasteiger partial charge in [-0.15, -0.1) is 6.42 Å². The second-order valence-electron chi connectivity index (χ2n) is 3.76. The van der Waals surface area contributed by atoms with Crippen LogP contribution in [0.5, 0.6) is 0 Å². The van der Waals surface area contributed by atoms with E-state index in [4.69, 9.17) is 10.8 Å². The summed E-state index contributed by atoms with van der Waals surface area (Å²) in [4.78, 5) is 20.8. The van der Waals surface area contributed by atoms with Crippen LogP contribution in [-0.4, -0.2) is 25.3 Å². The molecule has 5 nitrogen and oxygen atoms in total. The molecule has 0 rings (SSSR count). The van der Waals surface area contributed by atoms with Crippen LogP contribution in [0.3, 0.4) is 0 Å². The van der Waals surface area contributed by atoms with Gasteiger partial charge in [-0.1, -0.05) is 0 Å². The molecular weight excluding hydrogens is 202 g/mol. The number of nitro groups is 1. The van der Waals surface area contributed by atoms with Gasteiger partial charge in [0.15, 0.2) is 0 Å². The van der Waals surface area contributed by atoms with Crippen molar-refractivity contribution in [3.63, 3.8) is 0 Å². The third-order valence-corrected chi connectivity index (χ3v) is 2.07. The maximum atomic E-state index is 11.1. The lowest BCUT2D eigenvalue weighted by Crippen LogP contribution is -2.32. The van der Waals surface area contributed by atoms with Gasteiger partial charge in [0.05, 0.1) is 0 Å². The molecule has 0 heterocycles. The van der Waals surface area contributed by atoms with Gasteiger partial charge in [0.25, 0.3) is 6.04 Å². The summed E-state index contributed by atoms with van der Waals surface area (Å²) >= 11 is 0. The second-order valence-corrected chi connectivity index (χ2v) is 8.19. The van der Waals surface area contributed by atoms with Crippen LogP contribution in [0.4, 0.5) is 0 Å². The van der Waals surface area contributed by atoms with Crippen LogP contribution >= 0.6 is 0 Å². The zero-order valence-electron chi connectivity index (χ0n) is 8.44. The maximum Gasteiger partial charge on any atom is 0.300 e. The monoisotopic (exact) mass is 215 g/mol. The Bertz CT molecular complexity index is 276. The smallest absolute Gasteiger partial charge is 0.300 e. The number of terminal acetylenes is 1. The van der Waals surface area contributed by atoms with Crippen LogP contribution in [0, 0.1) is 22.5 Å². The van der Waals surface area contributed by atoms with Crippen LogP contribution < -0.4 is 0 Å². The molecule has 0 aliphatic rings. The molecular formula is C8H13NO4Si. The highest BCUT2D eigenvalue weighted by Crippen LogP contribution is 2.06. The Morgan fingerprint density at radius 3 is 2.43 bits per heavy atom. The highest BCUT2D eigenvalue weighted by Gasteiger charge is 2.26. The van der Waals surface area contributed by atoms with Gasteiger partial charge < -0.3 is 4.43 Å². The molecule has 1 atom stereocenters. The lowest BCUT2D eigenvalue weighted by atomic mass is 10.2. The Morgan fingerprint density at radius 1 is 1.64 bits per heavy atom. The topological polar surface area (TPSA) is 69.4 Å². The third kappa shape index (κ3) is 5.32. The number of nitrogens with zero attached hydrogens (tertiary/aromatic N) is 1. The lowest BCUT2D eigenvalue weighted by molar-refractivity contribution is -0.505. The Kier molecular flexibility index (Phi) is 4.30. The summed E-state index contributed by atoms with van der Waals surface area (Å²) in [5.41, 5.74) is 0. The highest BCUT2D eigenvalue weighted by molar-refractivity contribution is 6.71. The van der Waals surface area contributed by atoms with E-state index < -0.39 is 25.3 Å². The van der Waals surface area contributed by atoms with Crippen LogP contribution in [0.25, 0.3) is 0 Å². The summed E-state index contributed by atoms with van der Waals surface area (Å²) in [5.74, 6) is 1.34. The van der Waals surface area contributed by atoms with E-state index in [0.717, 1.165) is 0 Å². The molecule has 1 unspecified atom stereocenters. The molecule has 6 heteroatoms. The van der Waals surface area contributed by atoms with Crippen LogP contribution in [0.1, 0.15) is 6.42 Å². The fraction of sp³-hybridized carbons (Fsp3) is 0.625. The fourth-order valence-corrected chi connectivity index (χ4v) is 1.50. The summed E-state index contributed by atoms with van der Waals surface area (Å²) in [5, 5.41) is 10.3. The average Bonchev–Trinajstić information content (AvgIpc) is 1.96. The Morgan fingerprint density at radius 2 is 2.14 bits per heavy atom. The van der Waals surface area contributed by atoms with Crippen LogP contribution in [0.2, 0.25) is 19.6 Å². The third-order valence-electron chi connectivity index (χ3n) is 1.23. The van der Waals surface area contributed by atoms with E-state index in [-0.39, 0.29) is 6.42 Å². The summed E-state index contributed by atoms with van der Waals surface area (Å²) in [6.07, 6.45) is 4.54. The van der Waals surface area contributed by atoms with Gasteiger partial charge in [-0.3, -0.25) is 14.9 Å². The predicted molar refractivity (Wildman–Crippen MR) is 53.7 cm³/mol. The maximum absolute atomic E-state index is 11.1. The van der Waals surface area contributed by atoms with Crippen molar-refractivity contribution >= 4 is 14.3 Å². The van der Waals surface area contributed by atoms with Crippen molar-refractivity contribution in [2.45, 2.75) is 32.1 Å². The molecule has 0 saturated heterocycles. The quantitative estimate of drug-likeness (QED) is 0.304. The summed E-state index contributed by atoms with van der Waals surface area (Å²) in [7, 11) is -1.98. The SMILES string of the molecule is C#CC(CC(=O)O[Si](C)(C)C)[N+](=O)[O-]. The van der Waals surface area contributed by atoms with E-state index >= 15 is 0 Å². The van der Waals surface area contributed by atoms with Gasteiger partial charge >= 0.3 is 5.97 Å². The molecule has 0 aliphatic heterocycles. The van der Waals surface area contributed by atoms with Gasteiger partial charge in [-0.2, -0.15) is 0 Å². The Balaban J connectivity index is 4.20. The molecule has 0 N–H and O–H groups in total. The first-order chi connectivity index (χ1) is 6.26. The number of carbonyl (C=O) groups is 1. The predicted octanol–water partition coefficient (Wildman–Crippen LogP) is 1.03. The number of hydrogen-bond donors (Lipinski definition) is 0. The Hall–Kier alpha value is -1.35. The van der Waals surface area contributed by atoms with E-state index in [1.165, 1.54) is 0 Å². The van der Waals surface area contributed by atoms with Crippen molar-refractivity contribution in [3.8, 4) is 12.3 Å². The zero-order chi connectivity index (χ0) is 11.4. The molecule has 0 aromatic heterocycles. The van der Waals surface area contributed by atoms with Crippen molar-refractivity contribution in [1.29, 1.82) is 0 Å². The summed E-state index contributed by atoms with van der Waals surface area (Å²) < 4.78 is 5.02. The van der Waals surface area contributed by atoms with E-state index in [9.17, 15) is 14.9 Å². The van der Waals surface area contributed by atoms with Crippen molar-refractivity contribution < 1.29 is 14.1 Å². The minimum atomic E-state index is -1.98. The minimum absolute atomic E-state index is 0.353. The molecule has 0 aliphatic carbocycles. The first-order valence-electron chi connectivity index (χ1n) is 4.07. The van der Waals surface area contributed by atoms with E-state index in [2.05, 4.69) is 0 Å². The van der Waals surface area contributed by atoms with E-state index in [0.29, 0.717) is 0 Å². The first-order valence-corrected chi connectivity index (χ1v) is 7.48. The largest absolute Gasteiger partial charge is 0.520 e. The summed E-state index contributed by atoms with van der Waals surface area (Å²) in [6, 6.07) is -1.28. The normalized spacial score (nSPS) is 12.7. The molecule has 0 amide bonds. The molecule has 14 heavy (non-hydrogen) atoms. The molecule has 0 aromatic carbocycles. The van der Waals surface area contributed by atoms with Crippen molar-refractivity contribution in [3.05, 3.63) is 10.1 Å². The molecule has 0 fully saturated rings. The fourth-order valence-electron chi connectivity index (χ4n) is 0.735. The standard InChI is InChI=1S/C8H13NO4Si/c1-5-7(9(11)12)6-8(10)13-14(2,3)4/h1,7H,6H2,2-4H3. The number of carbonyl (C=O) groups excluding carboxylic acids is 1. The van der Waals surface area contributed by atoms with Gasteiger partial charge in [-0.05, 0) is 25.6 Å². The molecule has 0 aromatic rings. The molecule has 0 radical (unpaired) electrons. The molecule has 0 bridgehead atoms. The van der Waals surface area contributed by atoms with Gasteiger partial charge in [-0.25, -0.2) is 0 Å². The van der Waals surface area contributed by atoms with Gasteiger partial charge in [0.2, 0.25) is 8.32 Å². The van der Waals surface area contributed by atoms with Crippen molar-refractivity contribution in [2.24, 2.45) is 0 Å².